The number of carbonyl (C=O) groups is 1. The van der Waals surface area contributed by atoms with Crippen molar-refractivity contribution in [2.45, 2.75) is 52.4 Å². The van der Waals surface area contributed by atoms with E-state index >= 15 is 0 Å². The molecule has 11 heteroatoms. The third-order valence-electron chi connectivity index (χ3n) is 8.35. The number of esters is 1. The minimum atomic E-state index is -0.755. The topological polar surface area (TPSA) is 112 Å². The second kappa shape index (κ2) is 13.4. The lowest BCUT2D eigenvalue weighted by Gasteiger charge is -2.22. The van der Waals surface area contributed by atoms with Gasteiger partial charge in [-0.15, -0.1) is 0 Å². The van der Waals surface area contributed by atoms with Crippen LogP contribution in [0, 0.1) is 0 Å². The van der Waals surface area contributed by atoms with Gasteiger partial charge in [0.1, 0.15) is 35.4 Å². The van der Waals surface area contributed by atoms with Crippen LogP contribution in [0.15, 0.2) is 71.8 Å². The Labute approximate surface area is 266 Å². The number of hydrogen-bond donors (Lipinski definition) is 0. The van der Waals surface area contributed by atoms with Gasteiger partial charge in [0.2, 0.25) is 0 Å². The van der Waals surface area contributed by atoms with Gasteiger partial charge in [-0.25, -0.2) is 9.78 Å². The molecule has 3 heterocycles. The van der Waals surface area contributed by atoms with Gasteiger partial charge in [-0.1, -0.05) is 30.3 Å². The fourth-order valence-corrected chi connectivity index (χ4v) is 6.18. The Balaban J connectivity index is 1.62. The van der Waals surface area contributed by atoms with Crippen LogP contribution in [0.1, 0.15) is 51.9 Å². The second-order valence-corrected chi connectivity index (χ2v) is 11.0. The molecule has 238 valence electrons. The zero-order valence-corrected chi connectivity index (χ0v) is 26.5. The third-order valence-corrected chi connectivity index (χ3v) is 8.35. The van der Waals surface area contributed by atoms with E-state index in [4.69, 9.17) is 23.9 Å². The first-order valence-corrected chi connectivity index (χ1v) is 15.3. The molecule has 0 unspecified atom stereocenters. The van der Waals surface area contributed by atoms with Crippen molar-refractivity contribution >= 4 is 5.97 Å². The van der Waals surface area contributed by atoms with Gasteiger partial charge < -0.3 is 28.1 Å². The molecule has 3 aromatic heterocycles. The standard InChI is InChI=1S/C35H37N5O6/c1-5-39-27-14-9-13-26-32(31(27)37-29(39)21-38-18-10-17-36-38)40(20-24-15-16-25(43-2)19-28(24)44-3)34(41)30(35(42)45-4)33(26)46-22-23-11-7-6-8-12-23/h6-8,10-12,15-19H,5,9,13-14,20-22H2,1-4H3. The van der Waals surface area contributed by atoms with Crippen LogP contribution in [0.5, 0.6) is 17.2 Å². The summed E-state index contributed by atoms with van der Waals surface area (Å²) < 4.78 is 28.4. The molecule has 0 amide bonds. The van der Waals surface area contributed by atoms with Crippen molar-refractivity contribution in [2.24, 2.45) is 0 Å². The number of hydrogen-bond acceptors (Lipinski definition) is 8. The molecule has 11 nitrogen and oxygen atoms in total. The predicted molar refractivity (Wildman–Crippen MR) is 172 cm³/mol. The number of rotatable bonds is 11. The summed E-state index contributed by atoms with van der Waals surface area (Å²) >= 11 is 0. The maximum Gasteiger partial charge on any atom is 0.347 e. The van der Waals surface area contributed by atoms with Gasteiger partial charge in [-0.2, -0.15) is 5.10 Å². The van der Waals surface area contributed by atoms with Crippen LogP contribution in [0.2, 0.25) is 0 Å². The molecular weight excluding hydrogens is 586 g/mol. The SMILES string of the molecule is CCn1c(Cn2cccn2)nc2c1CCCc1c(OCc3ccccc3)c(C(=O)OC)c(=O)n(Cc3ccc(OC)cc3OC)c1-2. The molecule has 6 rings (SSSR count). The molecule has 0 saturated carbocycles. The summed E-state index contributed by atoms with van der Waals surface area (Å²) in [5, 5.41) is 4.40. The van der Waals surface area contributed by atoms with E-state index in [9.17, 15) is 9.59 Å². The summed E-state index contributed by atoms with van der Waals surface area (Å²) in [5.74, 6) is 1.49. The summed E-state index contributed by atoms with van der Waals surface area (Å²) in [6, 6.07) is 17.0. The highest BCUT2D eigenvalue weighted by Gasteiger charge is 2.33. The van der Waals surface area contributed by atoms with Gasteiger partial charge in [0, 0.05) is 41.8 Å². The maximum atomic E-state index is 14.6. The number of nitrogens with zero attached hydrogens (tertiary/aromatic N) is 5. The Morgan fingerprint density at radius 3 is 2.48 bits per heavy atom. The number of benzene rings is 2. The number of carbonyl (C=O) groups excluding carboxylic acids is 1. The first kappa shape index (κ1) is 30.7. The quantitative estimate of drug-likeness (QED) is 0.191. The highest BCUT2D eigenvalue weighted by Crippen LogP contribution is 2.39. The van der Waals surface area contributed by atoms with Gasteiger partial charge in [-0.3, -0.25) is 9.48 Å². The van der Waals surface area contributed by atoms with Gasteiger partial charge in [-0.05, 0) is 49.9 Å². The average Bonchev–Trinajstić information content (AvgIpc) is 3.68. The van der Waals surface area contributed by atoms with Crippen LogP contribution < -0.4 is 19.8 Å². The Morgan fingerprint density at radius 2 is 1.78 bits per heavy atom. The van der Waals surface area contributed by atoms with Crippen molar-refractivity contribution in [3.8, 4) is 28.6 Å². The summed E-state index contributed by atoms with van der Waals surface area (Å²) in [7, 11) is 4.43. The van der Waals surface area contributed by atoms with Crippen LogP contribution in [0.25, 0.3) is 11.4 Å². The Bertz CT molecular complexity index is 1910. The van der Waals surface area contributed by atoms with Crippen LogP contribution >= 0.6 is 0 Å². The van der Waals surface area contributed by atoms with Crippen LogP contribution in [-0.4, -0.2) is 51.2 Å². The zero-order valence-electron chi connectivity index (χ0n) is 26.5. The molecular formula is C35H37N5O6. The smallest absolute Gasteiger partial charge is 0.347 e. The average molecular weight is 624 g/mol. The van der Waals surface area contributed by atoms with Crippen molar-refractivity contribution in [2.75, 3.05) is 21.3 Å². The van der Waals surface area contributed by atoms with E-state index in [1.807, 2.05) is 59.4 Å². The lowest BCUT2D eigenvalue weighted by Crippen LogP contribution is -2.31. The van der Waals surface area contributed by atoms with Crippen molar-refractivity contribution in [1.82, 2.24) is 23.9 Å². The fourth-order valence-electron chi connectivity index (χ4n) is 6.18. The van der Waals surface area contributed by atoms with E-state index in [-0.39, 0.29) is 24.5 Å². The van der Waals surface area contributed by atoms with E-state index < -0.39 is 11.5 Å². The number of fused-ring (bicyclic) bond motifs is 3. The number of pyridine rings is 1. The Hall–Kier alpha value is -5.32. The summed E-state index contributed by atoms with van der Waals surface area (Å²) in [4.78, 5) is 33.2. The maximum absolute atomic E-state index is 14.6. The molecule has 0 N–H and O–H groups in total. The van der Waals surface area contributed by atoms with E-state index in [1.165, 1.54) is 7.11 Å². The molecule has 0 spiro atoms. The second-order valence-electron chi connectivity index (χ2n) is 11.0. The molecule has 46 heavy (non-hydrogen) atoms. The molecule has 0 bridgehead atoms. The molecule has 2 aromatic carbocycles. The van der Waals surface area contributed by atoms with Crippen molar-refractivity contribution in [3.63, 3.8) is 0 Å². The van der Waals surface area contributed by atoms with E-state index in [0.717, 1.165) is 41.1 Å². The number of methoxy groups -OCH3 is 3. The first-order chi connectivity index (χ1) is 22.5. The molecule has 0 atom stereocenters. The summed E-state index contributed by atoms with van der Waals surface area (Å²) in [6.07, 6.45) is 5.70. The van der Waals surface area contributed by atoms with Crippen LogP contribution in [0.3, 0.4) is 0 Å². The number of ether oxygens (including phenoxy) is 4. The molecule has 0 radical (unpaired) electrons. The highest BCUT2D eigenvalue weighted by atomic mass is 16.5. The molecule has 0 saturated heterocycles. The minimum absolute atomic E-state index is 0.115. The normalized spacial score (nSPS) is 12.2. The van der Waals surface area contributed by atoms with Crippen molar-refractivity contribution in [1.29, 1.82) is 0 Å². The van der Waals surface area contributed by atoms with Gasteiger partial charge in [0.05, 0.1) is 40.1 Å². The number of imidazole rings is 1. The molecule has 5 aromatic rings. The monoisotopic (exact) mass is 623 g/mol. The van der Waals surface area contributed by atoms with E-state index in [0.29, 0.717) is 42.4 Å². The van der Waals surface area contributed by atoms with E-state index in [1.54, 1.807) is 31.0 Å². The summed E-state index contributed by atoms with van der Waals surface area (Å²) in [5.41, 5.74) is 4.07. The number of aromatic nitrogens is 5. The zero-order chi connectivity index (χ0) is 32.2. The molecule has 0 fully saturated rings. The largest absolute Gasteiger partial charge is 0.497 e. The third kappa shape index (κ3) is 5.76. The van der Waals surface area contributed by atoms with Gasteiger partial charge in [0.15, 0.2) is 5.56 Å². The lowest BCUT2D eigenvalue weighted by atomic mass is 10.0. The van der Waals surface area contributed by atoms with Gasteiger partial charge in [0.25, 0.3) is 5.56 Å². The minimum Gasteiger partial charge on any atom is -0.497 e. The highest BCUT2D eigenvalue weighted by molar-refractivity contribution is 5.93. The molecule has 1 aliphatic rings. The first-order valence-electron chi connectivity index (χ1n) is 15.3. The van der Waals surface area contributed by atoms with Crippen LogP contribution in [0.4, 0.5) is 0 Å². The summed E-state index contributed by atoms with van der Waals surface area (Å²) in [6.45, 7) is 3.54. The molecule has 1 aliphatic carbocycles. The predicted octanol–water partition coefficient (Wildman–Crippen LogP) is 4.90. The lowest BCUT2D eigenvalue weighted by molar-refractivity contribution is 0.0592. The van der Waals surface area contributed by atoms with Crippen LogP contribution in [-0.2, 0) is 43.8 Å². The Kier molecular flexibility index (Phi) is 8.91. The van der Waals surface area contributed by atoms with Gasteiger partial charge >= 0.3 is 5.97 Å². The van der Waals surface area contributed by atoms with Crippen molar-refractivity contribution in [3.05, 3.63) is 111 Å². The fraction of sp³-hybridized carbons (Fsp3) is 0.314. The van der Waals surface area contributed by atoms with Crippen molar-refractivity contribution < 1.29 is 23.7 Å². The van der Waals surface area contributed by atoms with E-state index in [2.05, 4.69) is 16.6 Å². The molecule has 0 aliphatic heterocycles. The Morgan fingerprint density at radius 1 is 0.957 bits per heavy atom.